The van der Waals surface area contributed by atoms with Gasteiger partial charge in [0, 0.05) is 17.6 Å². The number of hydrogen-bond acceptors (Lipinski definition) is 2. The molecule has 2 unspecified atom stereocenters. The van der Waals surface area contributed by atoms with Gasteiger partial charge in [-0.3, -0.25) is 9.59 Å². The van der Waals surface area contributed by atoms with Gasteiger partial charge in [0.15, 0.2) is 0 Å². The number of hydrogen-bond donors (Lipinski definition) is 1. The zero-order chi connectivity index (χ0) is 21.6. The largest absolute Gasteiger partial charge is 0.352 e. The third kappa shape index (κ3) is 6.63. The van der Waals surface area contributed by atoms with E-state index in [1.165, 1.54) is 0 Å². The highest BCUT2D eigenvalue weighted by molar-refractivity contribution is 6.42. The molecular formula is C22H25Cl3N2O2. The maximum Gasteiger partial charge on any atom is 0.242 e. The van der Waals surface area contributed by atoms with E-state index >= 15 is 0 Å². The molecule has 0 bridgehead atoms. The molecule has 0 spiro atoms. The summed E-state index contributed by atoms with van der Waals surface area (Å²) in [5.41, 5.74) is 1.50. The minimum Gasteiger partial charge on any atom is -0.352 e. The second-order valence-corrected chi connectivity index (χ2v) is 8.25. The van der Waals surface area contributed by atoms with E-state index in [0.717, 1.165) is 12.0 Å². The highest BCUT2D eigenvalue weighted by Crippen LogP contribution is 2.24. The molecule has 0 aliphatic carbocycles. The van der Waals surface area contributed by atoms with Gasteiger partial charge < -0.3 is 10.2 Å². The Kier molecular flexibility index (Phi) is 8.81. The molecule has 0 heterocycles. The van der Waals surface area contributed by atoms with E-state index in [1.54, 1.807) is 36.1 Å². The number of nitrogens with zero attached hydrogens (tertiary/aromatic N) is 1. The summed E-state index contributed by atoms with van der Waals surface area (Å²) in [4.78, 5) is 27.4. The summed E-state index contributed by atoms with van der Waals surface area (Å²) in [5.74, 6) is -0.400. The second-order valence-electron chi connectivity index (χ2n) is 7.03. The maximum absolute atomic E-state index is 13.2. The zero-order valence-electron chi connectivity index (χ0n) is 16.7. The molecule has 0 aliphatic heterocycles. The number of carbonyl (C=O) groups excluding carboxylic acids is 2. The standard InChI is InChI=1S/C22H25Cl3N2O2/c1-4-14(2)26-22(29)15(3)27(13-16-9-10-19(24)20(25)11-16)21(28)12-17-7-5-6-8-18(17)23/h5-11,14-15H,4,12-13H2,1-3H3,(H,26,29). The molecule has 2 aromatic carbocycles. The molecule has 1 N–H and O–H groups in total. The van der Waals surface area contributed by atoms with Gasteiger partial charge in [0.25, 0.3) is 0 Å². The van der Waals surface area contributed by atoms with E-state index in [1.807, 2.05) is 32.0 Å². The quantitative estimate of drug-likeness (QED) is 0.569. The minimum atomic E-state index is -0.659. The first kappa shape index (κ1) is 23.5. The first-order valence-corrected chi connectivity index (χ1v) is 10.6. The molecule has 7 heteroatoms. The van der Waals surface area contributed by atoms with Crippen LogP contribution in [0.15, 0.2) is 42.5 Å². The van der Waals surface area contributed by atoms with Gasteiger partial charge in [0.1, 0.15) is 6.04 Å². The van der Waals surface area contributed by atoms with Crippen molar-refractivity contribution in [3.63, 3.8) is 0 Å². The molecule has 2 amide bonds. The summed E-state index contributed by atoms with van der Waals surface area (Å²) in [6, 6.07) is 11.7. The van der Waals surface area contributed by atoms with E-state index in [0.29, 0.717) is 20.6 Å². The molecule has 0 radical (unpaired) electrons. The molecule has 0 saturated heterocycles. The Labute approximate surface area is 187 Å². The molecule has 0 fully saturated rings. The Morgan fingerprint density at radius 1 is 1.00 bits per heavy atom. The van der Waals surface area contributed by atoms with Crippen molar-refractivity contribution in [2.24, 2.45) is 0 Å². The Morgan fingerprint density at radius 2 is 1.69 bits per heavy atom. The lowest BCUT2D eigenvalue weighted by atomic mass is 10.1. The van der Waals surface area contributed by atoms with Crippen LogP contribution in [0.3, 0.4) is 0 Å². The molecule has 2 atom stereocenters. The van der Waals surface area contributed by atoms with Gasteiger partial charge in [-0.2, -0.15) is 0 Å². The fraction of sp³-hybridized carbons (Fsp3) is 0.364. The van der Waals surface area contributed by atoms with Gasteiger partial charge in [-0.1, -0.05) is 66.0 Å². The second kappa shape index (κ2) is 10.9. The molecular weight excluding hydrogens is 431 g/mol. The zero-order valence-corrected chi connectivity index (χ0v) is 19.0. The molecule has 0 aromatic heterocycles. The molecule has 156 valence electrons. The summed E-state index contributed by atoms with van der Waals surface area (Å²) < 4.78 is 0. The summed E-state index contributed by atoms with van der Waals surface area (Å²) in [5, 5.41) is 4.30. The van der Waals surface area contributed by atoms with Gasteiger partial charge >= 0.3 is 0 Å². The number of benzene rings is 2. The van der Waals surface area contributed by atoms with Crippen molar-refractivity contribution in [1.82, 2.24) is 10.2 Å². The molecule has 0 aliphatic rings. The van der Waals surface area contributed by atoms with Crippen LogP contribution in [0.1, 0.15) is 38.3 Å². The molecule has 2 rings (SSSR count). The summed E-state index contributed by atoms with van der Waals surface area (Å²) in [6.07, 6.45) is 0.904. The van der Waals surface area contributed by atoms with Crippen molar-refractivity contribution in [3.05, 3.63) is 68.7 Å². The number of halogens is 3. The van der Waals surface area contributed by atoms with E-state index in [4.69, 9.17) is 34.8 Å². The fourth-order valence-corrected chi connectivity index (χ4v) is 3.31. The third-order valence-electron chi connectivity index (χ3n) is 4.80. The van der Waals surface area contributed by atoms with Crippen molar-refractivity contribution in [3.8, 4) is 0 Å². The number of carbonyl (C=O) groups is 2. The minimum absolute atomic E-state index is 0.0236. The lowest BCUT2D eigenvalue weighted by Crippen LogP contribution is -2.49. The van der Waals surface area contributed by atoms with E-state index in [-0.39, 0.29) is 30.8 Å². The van der Waals surface area contributed by atoms with E-state index in [9.17, 15) is 9.59 Å². The first-order valence-electron chi connectivity index (χ1n) is 9.50. The predicted octanol–water partition coefficient (Wildman–Crippen LogP) is 5.52. The van der Waals surface area contributed by atoms with Crippen LogP contribution in [0, 0.1) is 0 Å². The smallest absolute Gasteiger partial charge is 0.242 e. The van der Waals surface area contributed by atoms with Crippen LogP contribution >= 0.6 is 34.8 Å². The van der Waals surface area contributed by atoms with Crippen LogP contribution in [0.25, 0.3) is 0 Å². The number of nitrogens with one attached hydrogen (secondary N) is 1. The topological polar surface area (TPSA) is 49.4 Å². The Bertz CT molecular complexity index is 873. The lowest BCUT2D eigenvalue weighted by molar-refractivity contribution is -0.140. The SMILES string of the molecule is CCC(C)NC(=O)C(C)N(Cc1ccc(Cl)c(Cl)c1)C(=O)Cc1ccccc1Cl. The maximum atomic E-state index is 13.2. The van der Waals surface area contributed by atoms with Crippen molar-refractivity contribution in [2.45, 2.75) is 52.2 Å². The summed E-state index contributed by atoms with van der Waals surface area (Å²) >= 11 is 18.3. The Morgan fingerprint density at radius 3 is 2.31 bits per heavy atom. The number of amides is 2. The molecule has 2 aromatic rings. The van der Waals surface area contributed by atoms with Gasteiger partial charge in [0.05, 0.1) is 16.5 Å². The van der Waals surface area contributed by atoms with E-state index in [2.05, 4.69) is 5.32 Å². The number of rotatable bonds is 8. The monoisotopic (exact) mass is 454 g/mol. The van der Waals surface area contributed by atoms with Crippen molar-refractivity contribution in [1.29, 1.82) is 0 Å². The molecule has 4 nitrogen and oxygen atoms in total. The van der Waals surface area contributed by atoms with Crippen molar-refractivity contribution >= 4 is 46.6 Å². The predicted molar refractivity (Wildman–Crippen MR) is 120 cm³/mol. The summed E-state index contributed by atoms with van der Waals surface area (Å²) in [7, 11) is 0. The highest BCUT2D eigenvalue weighted by Gasteiger charge is 2.27. The van der Waals surface area contributed by atoms with Crippen LogP contribution < -0.4 is 5.32 Å². The third-order valence-corrected chi connectivity index (χ3v) is 5.91. The first-order chi connectivity index (χ1) is 13.7. The Hall–Kier alpha value is -1.75. The van der Waals surface area contributed by atoms with Crippen LogP contribution in [0.4, 0.5) is 0 Å². The average Bonchev–Trinajstić information content (AvgIpc) is 2.69. The lowest BCUT2D eigenvalue weighted by Gasteiger charge is -2.30. The van der Waals surface area contributed by atoms with Crippen LogP contribution in [-0.2, 0) is 22.6 Å². The van der Waals surface area contributed by atoms with Crippen molar-refractivity contribution < 1.29 is 9.59 Å². The van der Waals surface area contributed by atoms with Gasteiger partial charge in [0.2, 0.25) is 11.8 Å². The molecule has 29 heavy (non-hydrogen) atoms. The van der Waals surface area contributed by atoms with Crippen molar-refractivity contribution in [2.75, 3.05) is 0 Å². The molecule has 0 saturated carbocycles. The van der Waals surface area contributed by atoms with Gasteiger partial charge in [-0.05, 0) is 49.6 Å². The highest BCUT2D eigenvalue weighted by atomic mass is 35.5. The van der Waals surface area contributed by atoms with Gasteiger partial charge in [-0.25, -0.2) is 0 Å². The fourth-order valence-electron chi connectivity index (χ4n) is 2.79. The Balaban J connectivity index is 2.28. The van der Waals surface area contributed by atoms with E-state index < -0.39 is 6.04 Å². The average molecular weight is 456 g/mol. The normalized spacial score (nSPS) is 12.9. The van der Waals surface area contributed by atoms with Gasteiger partial charge in [-0.15, -0.1) is 0 Å². The van der Waals surface area contributed by atoms with Crippen LogP contribution in [0.5, 0.6) is 0 Å². The summed E-state index contributed by atoms with van der Waals surface area (Å²) in [6.45, 7) is 5.88. The van der Waals surface area contributed by atoms with Crippen LogP contribution in [0.2, 0.25) is 15.1 Å². The van der Waals surface area contributed by atoms with Crippen LogP contribution in [-0.4, -0.2) is 28.8 Å².